The lowest BCUT2D eigenvalue weighted by Gasteiger charge is -2.23. The monoisotopic (exact) mass is 467 g/mol. The molecule has 33 heavy (non-hydrogen) atoms. The minimum absolute atomic E-state index is 0.0500. The molecule has 8 heteroatoms. The molecular weight excluding hydrogens is 438 g/mol. The molecule has 3 atom stereocenters. The molecule has 2 aromatic rings. The third-order valence-corrected chi connectivity index (χ3v) is 7.07. The number of nitriles is 1. The Balaban J connectivity index is 1.52. The molecule has 0 aromatic heterocycles. The van der Waals surface area contributed by atoms with Crippen molar-refractivity contribution < 1.29 is 19.4 Å². The van der Waals surface area contributed by atoms with Crippen molar-refractivity contribution in [2.24, 2.45) is 5.92 Å². The van der Waals surface area contributed by atoms with Gasteiger partial charge < -0.3 is 20.1 Å². The molecule has 1 fully saturated rings. The fourth-order valence-electron chi connectivity index (χ4n) is 3.68. The third kappa shape index (κ3) is 6.73. The highest BCUT2D eigenvalue weighted by atomic mass is 32.2. The van der Waals surface area contributed by atoms with Gasteiger partial charge in [0, 0.05) is 25.2 Å². The molecule has 3 unspecified atom stereocenters. The molecule has 1 heterocycles. The molecule has 0 saturated carbocycles. The number of nitrogens with one attached hydrogen (secondary N) is 1. The van der Waals surface area contributed by atoms with Crippen molar-refractivity contribution in [2.45, 2.75) is 43.6 Å². The number of carbonyl (C=O) groups excluding carboxylic acids is 2. The van der Waals surface area contributed by atoms with E-state index in [0.29, 0.717) is 19.5 Å². The summed E-state index contributed by atoms with van der Waals surface area (Å²) in [7, 11) is 0. The van der Waals surface area contributed by atoms with E-state index in [1.807, 2.05) is 37.3 Å². The predicted octanol–water partition coefficient (Wildman–Crippen LogP) is 3.54. The molecule has 1 aliphatic heterocycles. The van der Waals surface area contributed by atoms with Crippen molar-refractivity contribution in [3.63, 3.8) is 0 Å². The van der Waals surface area contributed by atoms with Gasteiger partial charge in [0.2, 0.25) is 5.91 Å². The summed E-state index contributed by atoms with van der Waals surface area (Å²) in [6, 6.07) is 19.0. The van der Waals surface area contributed by atoms with E-state index >= 15 is 0 Å². The van der Waals surface area contributed by atoms with Crippen molar-refractivity contribution in [3.8, 4) is 6.07 Å². The van der Waals surface area contributed by atoms with E-state index in [1.165, 1.54) is 11.8 Å². The number of carbonyl (C=O) groups is 2. The number of amides is 1. The van der Waals surface area contributed by atoms with E-state index in [0.717, 1.165) is 16.8 Å². The number of aliphatic hydroxyl groups excluding tert-OH is 1. The van der Waals surface area contributed by atoms with Crippen LogP contribution in [0.3, 0.4) is 0 Å². The minimum Gasteiger partial charge on any atom is -0.460 e. The molecule has 0 radical (unpaired) electrons. The fraction of sp³-hybridized carbons (Fsp3) is 0.400. The van der Waals surface area contributed by atoms with Crippen LogP contribution in [0.2, 0.25) is 0 Å². The highest BCUT2D eigenvalue weighted by Crippen LogP contribution is 2.37. The van der Waals surface area contributed by atoms with Gasteiger partial charge in [0.25, 0.3) is 0 Å². The van der Waals surface area contributed by atoms with E-state index in [2.05, 4.69) is 11.4 Å². The number of hydrogen-bond donors (Lipinski definition) is 2. The highest BCUT2D eigenvalue weighted by Gasteiger charge is 2.41. The van der Waals surface area contributed by atoms with Crippen LogP contribution in [0, 0.1) is 17.2 Å². The molecule has 174 valence electrons. The van der Waals surface area contributed by atoms with Crippen molar-refractivity contribution in [2.75, 3.05) is 18.4 Å². The van der Waals surface area contributed by atoms with Crippen molar-refractivity contribution >= 4 is 29.3 Å². The number of benzene rings is 2. The average Bonchev–Trinajstić information content (AvgIpc) is 3.15. The summed E-state index contributed by atoms with van der Waals surface area (Å²) in [5.74, 6) is -1.47. The first-order chi connectivity index (χ1) is 16.0. The van der Waals surface area contributed by atoms with Crippen LogP contribution in [-0.4, -0.2) is 45.6 Å². The van der Waals surface area contributed by atoms with Crippen LogP contribution in [0.25, 0.3) is 0 Å². The normalized spacial score (nSPS) is 18.6. The summed E-state index contributed by atoms with van der Waals surface area (Å²) in [4.78, 5) is 27.1. The first-order valence-electron chi connectivity index (χ1n) is 11.1. The lowest BCUT2D eigenvalue weighted by molar-refractivity contribution is -0.148. The van der Waals surface area contributed by atoms with Crippen LogP contribution >= 0.6 is 11.8 Å². The Labute approximate surface area is 198 Å². The molecule has 0 spiro atoms. The van der Waals surface area contributed by atoms with E-state index in [1.54, 1.807) is 29.2 Å². The Hall–Kier alpha value is -3.02. The Morgan fingerprint density at radius 3 is 2.55 bits per heavy atom. The Bertz CT molecular complexity index is 962. The van der Waals surface area contributed by atoms with E-state index in [4.69, 9.17) is 9.84 Å². The predicted molar refractivity (Wildman–Crippen MR) is 128 cm³/mol. The molecular formula is C25H29N3O4S. The smallest absolute Gasteiger partial charge is 0.323 e. The zero-order chi connectivity index (χ0) is 23.6. The van der Waals surface area contributed by atoms with Gasteiger partial charge >= 0.3 is 5.97 Å². The van der Waals surface area contributed by atoms with Gasteiger partial charge in [-0.15, -0.1) is 11.8 Å². The highest BCUT2D eigenvalue weighted by molar-refractivity contribution is 8.01. The largest absolute Gasteiger partial charge is 0.460 e. The fourth-order valence-corrected chi connectivity index (χ4v) is 5.27. The van der Waals surface area contributed by atoms with Crippen molar-refractivity contribution in [1.29, 1.82) is 5.26 Å². The van der Waals surface area contributed by atoms with Crippen molar-refractivity contribution in [3.05, 3.63) is 65.7 Å². The van der Waals surface area contributed by atoms with Crippen molar-refractivity contribution in [1.82, 2.24) is 4.90 Å². The van der Waals surface area contributed by atoms with Crippen LogP contribution in [0.4, 0.5) is 5.69 Å². The first kappa shape index (κ1) is 24.6. The quantitative estimate of drug-likeness (QED) is 0.487. The van der Waals surface area contributed by atoms with E-state index in [-0.39, 0.29) is 36.2 Å². The molecule has 2 N–H and O–H groups in total. The summed E-state index contributed by atoms with van der Waals surface area (Å²) in [6.07, 6.45) is 0.905. The minimum atomic E-state index is -0.942. The number of aliphatic hydroxyl groups is 1. The van der Waals surface area contributed by atoms with Crippen LogP contribution in [0.15, 0.2) is 54.6 Å². The van der Waals surface area contributed by atoms with Gasteiger partial charge in [-0.2, -0.15) is 5.26 Å². The zero-order valence-electron chi connectivity index (χ0n) is 18.6. The van der Waals surface area contributed by atoms with Gasteiger partial charge in [-0.25, -0.2) is 0 Å². The summed E-state index contributed by atoms with van der Waals surface area (Å²) in [5, 5.41) is 21.6. The molecule has 1 aliphatic rings. The van der Waals surface area contributed by atoms with Gasteiger partial charge in [0.15, 0.2) is 0 Å². The van der Waals surface area contributed by atoms with Crippen LogP contribution in [0.5, 0.6) is 0 Å². The molecule has 0 bridgehead atoms. The summed E-state index contributed by atoms with van der Waals surface area (Å²) in [5.41, 5.74) is 2.56. The lowest BCUT2D eigenvalue weighted by atomic mass is 10.1. The maximum absolute atomic E-state index is 12.9. The second-order valence-electron chi connectivity index (χ2n) is 7.78. The summed E-state index contributed by atoms with van der Waals surface area (Å²) >= 11 is 1.52. The van der Waals surface area contributed by atoms with Gasteiger partial charge in [0.05, 0.1) is 23.3 Å². The average molecular weight is 468 g/mol. The van der Waals surface area contributed by atoms with Crippen LogP contribution in [0.1, 0.15) is 30.9 Å². The Morgan fingerprint density at radius 2 is 1.91 bits per heavy atom. The number of esters is 1. The first-order valence-corrected chi connectivity index (χ1v) is 12.0. The number of para-hydroxylation sites is 1. The molecule has 3 rings (SSSR count). The van der Waals surface area contributed by atoms with Gasteiger partial charge in [-0.3, -0.25) is 9.59 Å². The topological polar surface area (TPSA) is 103 Å². The number of hydrogen-bond acceptors (Lipinski definition) is 7. The Kier molecular flexibility index (Phi) is 9.16. The van der Waals surface area contributed by atoms with Gasteiger partial charge in [-0.05, 0) is 36.6 Å². The summed E-state index contributed by atoms with van der Waals surface area (Å²) in [6.45, 7) is 3.11. The summed E-state index contributed by atoms with van der Waals surface area (Å²) < 4.78 is 5.35. The Morgan fingerprint density at radius 1 is 1.21 bits per heavy atom. The lowest BCUT2D eigenvalue weighted by Crippen LogP contribution is -2.36. The molecule has 7 nitrogen and oxygen atoms in total. The third-order valence-electron chi connectivity index (χ3n) is 5.54. The number of nitrogens with zero attached hydrogens (tertiary/aromatic N) is 2. The second kappa shape index (κ2) is 12.3. The SMILES string of the molecule is CCN1C(=O)C(CCNc2ccccc2)SC1CC(C#N)C(=O)OCc1ccc(CO)cc1. The standard InChI is InChI=1S/C25H29N3O4S/c1-2-28-23(33-22(24(28)30)12-13-27-21-6-4-3-5-7-21)14-20(15-26)25(31)32-17-19-10-8-18(16-29)9-11-19/h3-11,20,22-23,27,29H,2,12-14,16-17H2,1H3. The molecule has 1 saturated heterocycles. The van der Waals surface area contributed by atoms with Crippen LogP contribution < -0.4 is 5.32 Å². The van der Waals surface area contributed by atoms with Crippen LogP contribution in [-0.2, 0) is 27.5 Å². The van der Waals surface area contributed by atoms with Gasteiger partial charge in [-0.1, -0.05) is 42.5 Å². The van der Waals surface area contributed by atoms with Gasteiger partial charge in [0.1, 0.15) is 12.5 Å². The number of thioether (sulfide) groups is 1. The number of rotatable bonds is 11. The maximum atomic E-state index is 12.9. The van der Waals surface area contributed by atoms with E-state index < -0.39 is 11.9 Å². The molecule has 0 aliphatic carbocycles. The molecule has 2 aromatic carbocycles. The second-order valence-corrected chi connectivity index (χ2v) is 9.17. The number of ether oxygens (including phenoxy) is 1. The van der Waals surface area contributed by atoms with E-state index in [9.17, 15) is 14.9 Å². The molecule has 1 amide bonds. The zero-order valence-corrected chi connectivity index (χ0v) is 19.5. The maximum Gasteiger partial charge on any atom is 0.323 e. The number of anilines is 1.